The number of Topliss-reactive ketones (excluding diaryl/α,β-unsaturated/α-hetero) is 1. The second-order valence-corrected chi connectivity index (χ2v) is 2.63. The van der Waals surface area contributed by atoms with Crippen molar-refractivity contribution in [3.8, 4) is 0 Å². The molecule has 0 atom stereocenters. The fourth-order valence-corrected chi connectivity index (χ4v) is 0.987. The number of carbonyl (C=O) groups excluding carboxylic acids is 1. The summed E-state index contributed by atoms with van der Waals surface area (Å²) in [6.45, 7) is 0.642. The Hall–Kier alpha value is -1.52. The van der Waals surface area contributed by atoms with Crippen LogP contribution in [0.3, 0.4) is 0 Å². The van der Waals surface area contributed by atoms with Crippen molar-refractivity contribution in [3.05, 3.63) is 11.9 Å². The highest BCUT2D eigenvalue weighted by molar-refractivity contribution is 5.98. The Bertz CT molecular complexity index is 247. The Kier molecular flexibility index (Phi) is 2.32. The van der Waals surface area contributed by atoms with E-state index in [0.717, 1.165) is 0 Å². The van der Waals surface area contributed by atoms with Crippen molar-refractivity contribution in [3.63, 3.8) is 0 Å². The maximum Gasteiger partial charge on any atom is 0.409 e. The molecule has 0 spiro atoms. The van der Waals surface area contributed by atoms with Gasteiger partial charge in [0.15, 0.2) is 5.78 Å². The van der Waals surface area contributed by atoms with Gasteiger partial charge in [-0.05, 0) is 0 Å². The second-order valence-electron chi connectivity index (χ2n) is 2.63. The first-order valence-corrected chi connectivity index (χ1v) is 3.55. The standard InChI is InChI=1S/C7H10N2O3/c1-9-3-2-6(10)5(4-9)8-7(11)12/h4,8H,2-3H2,1H3,(H,11,12). The van der Waals surface area contributed by atoms with Crippen molar-refractivity contribution < 1.29 is 14.7 Å². The summed E-state index contributed by atoms with van der Waals surface area (Å²) in [7, 11) is 1.79. The highest BCUT2D eigenvalue weighted by Crippen LogP contribution is 2.06. The van der Waals surface area contributed by atoms with Gasteiger partial charge in [-0.2, -0.15) is 0 Å². The summed E-state index contributed by atoms with van der Waals surface area (Å²) in [6, 6.07) is 0. The average molecular weight is 170 g/mol. The third-order valence-electron chi connectivity index (χ3n) is 1.58. The fraction of sp³-hybridized carbons (Fsp3) is 0.429. The van der Waals surface area contributed by atoms with Crippen LogP contribution >= 0.6 is 0 Å². The van der Waals surface area contributed by atoms with Crippen LogP contribution in [0.1, 0.15) is 6.42 Å². The minimum absolute atomic E-state index is 0.149. The van der Waals surface area contributed by atoms with E-state index in [9.17, 15) is 9.59 Å². The van der Waals surface area contributed by atoms with Gasteiger partial charge < -0.3 is 10.0 Å². The monoisotopic (exact) mass is 170 g/mol. The minimum Gasteiger partial charge on any atom is -0.465 e. The first kappa shape index (κ1) is 8.58. The van der Waals surface area contributed by atoms with E-state index in [-0.39, 0.29) is 11.5 Å². The lowest BCUT2D eigenvalue weighted by Crippen LogP contribution is -2.33. The highest BCUT2D eigenvalue weighted by atomic mass is 16.4. The van der Waals surface area contributed by atoms with Gasteiger partial charge in [-0.25, -0.2) is 4.79 Å². The Morgan fingerprint density at radius 3 is 3.00 bits per heavy atom. The predicted molar refractivity (Wildman–Crippen MR) is 41.5 cm³/mol. The third kappa shape index (κ3) is 1.98. The van der Waals surface area contributed by atoms with Crippen LogP contribution < -0.4 is 5.32 Å². The van der Waals surface area contributed by atoms with Crippen molar-refractivity contribution in [1.29, 1.82) is 0 Å². The predicted octanol–water partition coefficient (Wildman–Crippen LogP) is -0.0000000000000000555. The van der Waals surface area contributed by atoms with Crippen molar-refractivity contribution in [1.82, 2.24) is 10.2 Å². The largest absolute Gasteiger partial charge is 0.465 e. The van der Waals surface area contributed by atoms with E-state index in [1.807, 2.05) is 5.32 Å². The molecule has 0 aromatic heterocycles. The zero-order valence-electron chi connectivity index (χ0n) is 6.70. The summed E-state index contributed by atoms with van der Waals surface area (Å²) in [5.74, 6) is -0.157. The van der Waals surface area contributed by atoms with Crippen LogP contribution in [0.15, 0.2) is 11.9 Å². The van der Waals surface area contributed by atoms with E-state index < -0.39 is 6.09 Å². The zero-order valence-corrected chi connectivity index (χ0v) is 6.70. The normalized spacial score (nSPS) is 17.2. The molecular formula is C7H10N2O3. The van der Waals surface area contributed by atoms with Gasteiger partial charge in [-0.3, -0.25) is 10.1 Å². The molecule has 1 heterocycles. The van der Waals surface area contributed by atoms with Crippen LogP contribution in [0.2, 0.25) is 0 Å². The van der Waals surface area contributed by atoms with E-state index in [2.05, 4.69) is 0 Å². The van der Waals surface area contributed by atoms with Gasteiger partial charge in [0.1, 0.15) is 5.70 Å². The Morgan fingerprint density at radius 2 is 2.42 bits per heavy atom. The summed E-state index contributed by atoms with van der Waals surface area (Å²) >= 11 is 0. The lowest BCUT2D eigenvalue weighted by molar-refractivity contribution is -0.116. The molecule has 66 valence electrons. The minimum atomic E-state index is -1.20. The summed E-state index contributed by atoms with van der Waals surface area (Å²) in [5, 5.41) is 10.4. The number of nitrogens with one attached hydrogen (secondary N) is 1. The highest BCUT2D eigenvalue weighted by Gasteiger charge is 2.17. The molecule has 1 aliphatic heterocycles. The molecule has 1 aliphatic rings. The van der Waals surface area contributed by atoms with E-state index in [0.29, 0.717) is 13.0 Å². The smallest absolute Gasteiger partial charge is 0.409 e. The Balaban J connectivity index is 2.71. The number of hydrogen-bond acceptors (Lipinski definition) is 3. The third-order valence-corrected chi connectivity index (χ3v) is 1.58. The van der Waals surface area contributed by atoms with Gasteiger partial charge >= 0.3 is 6.09 Å². The molecule has 0 aliphatic carbocycles. The van der Waals surface area contributed by atoms with Crippen molar-refractivity contribution in [2.45, 2.75) is 6.42 Å². The SMILES string of the molecule is CN1C=C(NC(=O)O)C(=O)CC1. The number of carboxylic acid groups (broad SMARTS) is 1. The quantitative estimate of drug-likeness (QED) is 0.581. The van der Waals surface area contributed by atoms with Crippen LogP contribution in [0, 0.1) is 0 Å². The van der Waals surface area contributed by atoms with E-state index in [1.54, 1.807) is 11.9 Å². The van der Waals surface area contributed by atoms with E-state index in [4.69, 9.17) is 5.11 Å². The fourth-order valence-electron chi connectivity index (χ4n) is 0.987. The molecule has 5 nitrogen and oxygen atoms in total. The summed E-state index contributed by atoms with van der Waals surface area (Å²) < 4.78 is 0. The molecule has 0 unspecified atom stereocenters. The van der Waals surface area contributed by atoms with Gasteiger partial charge in [-0.1, -0.05) is 0 Å². The van der Waals surface area contributed by atoms with Crippen molar-refractivity contribution >= 4 is 11.9 Å². The summed E-state index contributed by atoms with van der Waals surface area (Å²) in [5.41, 5.74) is 0.149. The number of hydrogen-bond donors (Lipinski definition) is 2. The lowest BCUT2D eigenvalue weighted by atomic mass is 10.1. The molecule has 0 saturated carbocycles. The number of ketones is 1. The Labute approximate surface area is 69.7 Å². The Morgan fingerprint density at radius 1 is 1.75 bits per heavy atom. The van der Waals surface area contributed by atoms with E-state index >= 15 is 0 Å². The first-order chi connectivity index (χ1) is 5.59. The van der Waals surface area contributed by atoms with Gasteiger partial charge in [0.2, 0.25) is 0 Å². The molecule has 0 aromatic rings. The number of carbonyl (C=O) groups is 2. The maximum absolute atomic E-state index is 11.1. The van der Waals surface area contributed by atoms with E-state index in [1.165, 1.54) is 6.20 Å². The van der Waals surface area contributed by atoms with Crippen LogP contribution in [0.25, 0.3) is 0 Å². The molecule has 12 heavy (non-hydrogen) atoms. The summed E-state index contributed by atoms with van der Waals surface area (Å²) in [4.78, 5) is 23.0. The molecule has 1 amide bonds. The topological polar surface area (TPSA) is 69.6 Å². The molecule has 0 bridgehead atoms. The van der Waals surface area contributed by atoms with Gasteiger partial charge in [-0.15, -0.1) is 0 Å². The first-order valence-electron chi connectivity index (χ1n) is 3.55. The van der Waals surface area contributed by atoms with Gasteiger partial charge in [0, 0.05) is 26.2 Å². The number of rotatable bonds is 1. The number of allylic oxidation sites excluding steroid dienone is 1. The molecule has 5 heteroatoms. The van der Waals surface area contributed by atoms with Crippen LogP contribution in [-0.2, 0) is 4.79 Å². The summed E-state index contributed by atoms with van der Waals surface area (Å²) in [6.07, 6.45) is 0.660. The second kappa shape index (κ2) is 3.25. The van der Waals surface area contributed by atoms with Gasteiger partial charge in [0.05, 0.1) is 0 Å². The van der Waals surface area contributed by atoms with Crippen LogP contribution in [0.4, 0.5) is 4.79 Å². The number of nitrogens with zero attached hydrogens (tertiary/aromatic N) is 1. The molecule has 0 aromatic carbocycles. The molecule has 0 fully saturated rings. The van der Waals surface area contributed by atoms with Gasteiger partial charge in [0.25, 0.3) is 0 Å². The molecule has 0 saturated heterocycles. The van der Waals surface area contributed by atoms with Crippen LogP contribution in [-0.4, -0.2) is 35.5 Å². The van der Waals surface area contributed by atoms with Crippen molar-refractivity contribution in [2.24, 2.45) is 0 Å². The lowest BCUT2D eigenvalue weighted by Gasteiger charge is -2.20. The maximum atomic E-state index is 11.1. The molecule has 2 N–H and O–H groups in total. The molecule has 1 rings (SSSR count). The number of amides is 1. The van der Waals surface area contributed by atoms with Crippen LogP contribution in [0.5, 0.6) is 0 Å². The average Bonchev–Trinajstić information content (AvgIpc) is 1.96. The molecule has 0 radical (unpaired) electrons. The van der Waals surface area contributed by atoms with Crippen molar-refractivity contribution in [2.75, 3.05) is 13.6 Å². The molecular weight excluding hydrogens is 160 g/mol. The zero-order chi connectivity index (χ0) is 9.14.